The minimum Gasteiger partial charge on any atom is -0.363 e. The number of hydrogen-bond acceptors (Lipinski definition) is 5. The van der Waals surface area contributed by atoms with Crippen LogP contribution >= 0.6 is 23.2 Å². The molecule has 4 aliphatic rings. The molecule has 6 atom stereocenters. The van der Waals surface area contributed by atoms with Crippen molar-refractivity contribution < 1.29 is 24.0 Å². The Morgan fingerprint density at radius 1 is 0.951 bits per heavy atom. The molecule has 0 spiro atoms. The van der Waals surface area contributed by atoms with Crippen LogP contribution in [0.3, 0.4) is 0 Å². The zero-order chi connectivity index (χ0) is 30.3. The van der Waals surface area contributed by atoms with E-state index in [2.05, 4.69) is 16.0 Å². The number of urea groups is 1. The van der Waals surface area contributed by atoms with Crippen LogP contribution in [0.25, 0.3) is 0 Å². The summed E-state index contributed by atoms with van der Waals surface area (Å²) in [7, 11) is 0. The van der Waals surface area contributed by atoms with E-state index >= 15 is 0 Å². The van der Waals surface area contributed by atoms with Crippen LogP contribution in [0.4, 0.5) is 4.79 Å². The van der Waals surface area contributed by atoms with Crippen LogP contribution in [-0.2, 0) is 19.2 Å². The molecule has 5 amide bonds. The van der Waals surface area contributed by atoms with Crippen LogP contribution in [-0.4, -0.2) is 69.5 Å². The molecule has 0 aromatic carbocycles. The highest BCUT2D eigenvalue weighted by molar-refractivity contribution is 6.51. The smallest absolute Gasteiger partial charge is 0.315 e. The van der Waals surface area contributed by atoms with E-state index in [0.29, 0.717) is 6.42 Å². The second kappa shape index (κ2) is 12.3. The van der Waals surface area contributed by atoms with Crippen molar-refractivity contribution in [2.75, 3.05) is 6.54 Å². The first-order chi connectivity index (χ1) is 19.1. The molecule has 0 aromatic rings. The molecule has 1 saturated heterocycles. The average molecular weight is 615 g/mol. The third-order valence-electron chi connectivity index (χ3n) is 9.87. The minimum atomic E-state index is -1.18. The predicted octanol–water partition coefficient (Wildman–Crippen LogP) is 3.03. The van der Waals surface area contributed by atoms with Gasteiger partial charge in [-0.05, 0) is 43.4 Å². The van der Waals surface area contributed by atoms with Gasteiger partial charge in [0, 0.05) is 24.4 Å². The van der Waals surface area contributed by atoms with E-state index in [1.165, 1.54) is 4.90 Å². The standard InChI is InChI=1S/C29H45Cl2N5O5/c1-15(28(2,3)4)33-27(41)35-21(17-11-6-5-7-12-17)26(40)36-14-18-20(29(18,30)31)22(36)25(39)34-19(23(37)24(32)38)13-16-9-8-10-16/h15-22H,5-14H2,1-4H3,(H2,32,38)(H,34,39)(H2,33,35,41)/t15?,18?,19?,20?,21-,22-/m0/s1. The van der Waals surface area contributed by atoms with Gasteiger partial charge in [0.1, 0.15) is 16.4 Å². The summed E-state index contributed by atoms with van der Waals surface area (Å²) in [6, 6.07) is -3.51. The molecule has 4 rings (SSSR count). The number of likely N-dealkylation sites (tertiary alicyclic amines) is 1. The van der Waals surface area contributed by atoms with E-state index in [1.54, 1.807) is 0 Å². The summed E-state index contributed by atoms with van der Waals surface area (Å²) < 4.78 is -1.18. The minimum absolute atomic E-state index is 0.0767. The fourth-order valence-electron chi connectivity index (χ4n) is 6.48. The number of amides is 5. The molecule has 1 aliphatic heterocycles. The predicted molar refractivity (Wildman–Crippen MR) is 156 cm³/mol. The highest BCUT2D eigenvalue weighted by Crippen LogP contribution is 2.65. The maximum atomic E-state index is 14.2. The zero-order valence-corrected chi connectivity index (χ0v) is 26.0. The number of primary amides is 1. The van der Waals surface area contributed by atoms with Gasteiger partial charge in [0.25, 0.3) is 5.91 Å². The quantitative estimate of drug-likeness (QED) is 0.220. The molecule has 10 nitrogen and oxygen atoms in total. The van der Waals surface area contributed by atoms with Crippen LogP contribution < -0.4 is 21.7 Å². The lowest BCUT2D eigenvalue weighted by Crippen LogP contribution is -2.61. The third-order valence-corrected chi connectivity index (χ3v) is 10.9. The number of nitrogens with two attached hydrogens (primary N) is 1. The number of hydrogen-bond donors (Lipinski definition) is 4. The number of alkyl halides is 2. The molecule has 12 heteroatoms. The maximum absolute atomic E-state index is 14.2. The molecular formula is C29H45Cl2N5O5. The summed E-state index contributed by atoms with van der Waals surface area (Å²) in [5.41, 5.74) is 5.12. The Morgan fingerprint density at radius 3 is 2.12 bits per heavy atom. The molecule has 4 unspecified atom stereocenters. The molecule has 1 heterocycles. The Labute approximate surface area is 252 Å². The molecule has 3 aliphatic carbocycles. The number of halogens is 2. The summed E-state index contributed by atoms with van der Waals surface area (Å²) in [6.07, 6.45) is 7.72. The first-order valence-corrected chi connectivity index (χ1v) is 15.8. The first-order valence-electron chi connectivity index (χ1n) is 15.0. The lowest BCUT2D eigenvalue weighted by molar-refractivity contribution is -0.144. The topological polar surface area (TPSA) is 151 Å². The third kappa shape index (κ3) is 6.95. The number of piperidine rings is 1. The van der Waals surface area contributed by atoms with Gasteiger partial charge in [-0.2, -0.15) is 0 Å². The molecule has 5 N–H and O–H groups in total. The molecule has 230 valence electrons. The zero-order valence-electron chi connectivity index (χ0n) is 24.5. The number of carbonyl (C=O) groups is 5. The number of Topliss-reactive ketones (excluding diaryl/α,β-unsaturated/α-hetero) is 1. The molecule has 4 fully saturated rings. The summed E-state index contributed by atoms with van der Waals surface area (Å²) in [5, 5.41) is 8.61. The van der Waals surface area contributed by atoms with Crippen LogP contribution in [0, 0.1) is 29.1 Å². The van der Waals surface area contributed by atoms with Crippen LogP contribution in [0.15, 0.2) is 0 Å². The SMILES string of the molecule is CC(NC(=O)N[C@H](C(=O)N1CC2C([C@H]1C(=O)NC(CC1CCC1)C(=O)C(N)=O)C2(Cl)Cl)C1CCCCC1)C(C)(C)C. The van der Waals surface area contributed by atoms with Crippen molar-refractivity contribution in [3.05, 3.63) is 0 Å². The monoisotopic (exact) mass is 613 g/mol. The maximum Gasteiger partial charge on any atom is 0.315 e. The molecule has 3 saturated carbocycles. The molecule has 0 bridgehead atoms. The molecular weight excluding hydrogens is 569 g/mol. The van der Waals surface area contributed by atoms with Crippen molar-refractivity contribution in [1.82, 2.24) is 20.9 Å². The number of fused-ring (bicyclic) bond motifs is 1. The van der Waals surface area contributed by atoms with Crippen molar-refractivity contribution in [1.29, 1.82) is 0 Å². The summed E-state index contributed by atoms with van der Waals surface area (Å²) in [6.45, 7) is 8.14. The van der Waals surface area contributed by atoms with E-state index in [4.69, 9.17) is 28.9 Å². The van der Waals surface area contributed by atoms with E-state index in [1.807, 2.05) is 27.7 Å². The Kier molecular flexibility index (Phi) is 9.53. The number of rotatable bonds is 10. The van der Waals surface area contributed by atoms with Crippen molar-refractivity contribution in [2.24, 2.45) is 34.8 Å². The molecule has 0 aromatic heterocycles. The van der Waals surface area contributed by atoms with Gasteiger partial charge in [-0.3, -0.25) is 19.2 Å². The second-order valence-corrected chi connectivity index (χ2v) is 15.1. The van der Waals surface area contributed by atoms with Gasteiger partial charge in [0.2, 0.25) is 17.6 Å². The summed E-state index contributed by atoms with van der Waals surface area (Å²) in [4.78, 5) is 66.9. The summed E-state index contributed by atoms with van der Waals surface area (Å²) >= 11 is 13.0. The van der Waals surface area contributed by atoms with Gasteiger partial charge in [0.05, 0.1) is 6.04 Å². The lowest BCUT2D eigenvalue weighted by Gasteiger charge is -2.37. The Bertz CT molecular complexity index is 1050. The Morgan fingerprint density at radius 2 is 1.59 bits per heavy atom. The average Bonchev–Trinajstić information content (AvgIpc) is 3.20. The van der Waals surface area contributed by atoms with E-state index < -0.39 is 52.0 Å². The Balaban J connectivity index is 1.55. The number of nitrogens with one attached hydrogen (secondary N) is 3. The Hall–Kier alpha value is -2.07. The van der Waals surface area contributed by atoms with Crippen molar-refractivity contribution in [3.63, 3.8) is 0 Å². The van der Waals surface area contributed by atoms with E-state index in [-0.39, 0.29) is 41.7 Å². The van der Waals surface area contributed by atoms with Crippen LogP contribution in [0.2, 0.25) is 0 Å². The highest BCUT2D eigenvalue weighted by atomic mass is 35.5. The van der Waals surface area contributed by atoms with Crippen molar-refractivity contribution >= 4 is 52.7 Å². The highest BCUT2D eigenvalue weighted by Gasteiger charge is 2.74. The number of ketones is 1. The van der Waals surface area contributed by atoms with Gasteiger partial charge in [-0.15, -0.1) is 23.2 Å². The van der Waals surface area contributed by atoms with Gasteiger partial charge in [0.15, 0.2) is 0 Å². The fourth-order valence-corrected chi connectivity index (χ4v) is 7.31. The normalized spacial score (nSPS) is 28.0. The van der Waals surface area contributed by atoms with E-state index in [0.717, 1.165) is 51.4 Å². The number of nitrogens with zero attached hydrogens (tertiary/aromatic N) is 1. The summed E-state index contributed by atoms with van der Waals surface area (Å²) in [5.74, 6) is -3.61. The first kappa shape index (κ1) is 31.9. The second-order valence-electron chi connectivity index (χ2n) is 13.6. The van der Waals surface area contributed by atoms with Gasteiger partial charge in [-0.25, -0.2) is 4.79 Å². The molecule has 41 heavy (non-hydrogen) atoms. The van der Waals surface area contributed by atoms with Crippen molar-refractivity contribution in [2.45, 2.75) is 114 Å². The van der Waals surface area contributed by atoms with Gasteiger partial charge >= 0.3 is 6.03 Å². The van der Waals surface area contributed by atoms with Crippen LogP contribution in [0.1, 0.15) is 85.5 Å². The van der Waals surface area contributed by atoms with Crippen LogP contribution in [0.5, 0.6) is 0 Å². The van der Waals surface area contributed by atoms with Gasteiger partial charge in [-0.1, -0.05) is 59.3 Å². The molecule has 0 radical (unpaired) electrons. The fraction of sp³-hybridized carbons (Fsp3) is 0.828. The largest absolute Gasteiger partial charge is 0.363 e. The van der Waals surface area contributed by atoms with Crippen molar-refractivity contribution in [3.8, 4) is 0 Å². The van der Waals surface area contributed by atoms with Gasteiger partial charge < -0.3 is 26.6 Å². The van der Waals surface area contributed by atoms with E-state index in [9.17, 15) is 24.0 Å². The lowest BCUT2D eigenvalue weighted by atomic mass is 9.80. The number of carbonyl (C=O) groups excluding carboxylic acids is 5.